The van der Waals surface area contributed by atoms with Crippen LogP contribution in [0.25, 0.3) is 32.7 Å². The third-order valence-electron chi connectivity index (χ3n) is 5.26. The summed E-state index contributed by atoms with van der Waals surface area (Å²) >= 11 is 0. The van der Waals surface area contributed by atoms with Gasteiger partial charge in [-0.1, -0.05) is 97.1 Å². The van der Waals surface area contributed by atoms with E-state index < -0.39 is 11.9 Å². The van der Waals surface area contributed by atoms with Gasteiger partial charge in [-0.25, -0.2) is 9.59 Å². The van der Waals surface area contributed by atoms with Crippen LogP contribution in [-0.4, -0.2) is 22.2 Å². The van der Waals surface area contributed by atoms with Gasteiger partial charge in [0.25, 0.3) is 0 Å². The van der Waals surface area contributed by atoms with Crippen LogP contribution in [0.4, 0.5) is 0 Å². The molecule has 0 aromatic heterocycles. The predicted octanol–water partition coefficient (Wildman–Crippen LogP) is 6.74. The molecule has 0 fully saturated rings. The van der Waals surface area contributed by atoms with E-state index in [9.17, 15) is 9.59 Å². The van der Waals surface area contributed by atoms with Crippen LogP contribution in [0.15, 0.2) is 109 Å². The Morgan fingerprint density at radius 1 is 0.438 bits per heavy atom. The summed E-state index contributed by atoms with van der Waals surface area (Å²) in [5.74, 6) is -2.16. The van der Waals surface area contributed by atoms with Gasteiger partial charge in [-0.05, 0) is 44.8 Å². The van der Waals surface area contributed by atoms with Crippen LogP contribution >= 0.6 is 0 Å². The summed E-state index contributed by atoms with van der Waals surface area (Å²) in [5.41, 5.74) is 0.989. The van der Waals surface area contributed by atoms with Gasteiger partial charge in [-0.3, -0.25) is 0 Å². The maximum atomic E-state index is 11.1. The number of aromatic carboxylic acids is 2. The van der Waals surface area contributed by atoms with Crippen LogP contribution in [-0.2, 0) is 0 Å². The van der Waals surface area contributed by atoms with E-state index in [1.807, 2.05) is 0 Å². The Kier molecular flexibility index (Phi) is 5.95. The van der Waals surface area contributed by atoms with Crippen molar-refractivity contribution in [3.8, 4) is 11.1 Å². The molecule has 0 atom stereocenters. The Morgan fingerprint density at radius 3 is 1.19 bits per heavy atom. The molecule has 0 spiro atoms. The van der Waals surface area contributed by atoms with E-state index in [0.717, 1.165) is 0 Å². The molecule has 0 heterocycles. The van der Waals surface area contributed by atoms with Crippen LogP contribution in [0.5, 0.6) is 0 Å². The monoisotopic (exact) mass is 420 g/mol. The summed E-state index contributed by atoms with van der Waals surface area (Å²) in [6, 6.07) is 34.1. The first-order valence-corrected chi connectivity index (χ1v) is 10.1. The van der Waals surface area contributed by atoms with Crippen LogP contribution in [0.1, 0.15) is 20.7 Å². The number of carboxylic acids is 2. The first-order chi connectivity index (χ1) is 15.6. The normalized spacial score (nSPS) is 10.4. The van der Waals surface area contributed by atoms with E-state index in [0.29, 0.717) is 11.1 Å². The molecule has 0 aliphatic rings. The largest absolute Gasteiger partial charge is 0.478 e. The SMILES string of the molecule is O=C(O)c1ccccc1-c1ccccc1C(=O)O.c1ccc2c(c1)ccc1ccccc12. The number of benzene rings is 5. The zero-order valence-electron chi connectivity index (χ0n) is 17.1. The molecule has 5 aromatic rings. The molecular weight excluding hydrogens is 400 g/mol. The highest BCUT2D eigenvalue weighted by Gasteiger charge is 2.16. The molecule has 2 N–H and O–H groups in total. The van der Waals surface area contributed by atoms with E-state index in [2.05, 4.69) is 60.7 Å². The van der Waals surface area contributed by atoms with Crippen molar-refractivity contribution in [2.45, 2.75) is 0 Å². The predicted molar refractivity (Wildman–Crippen MR) is 127 cm³/mol. The second kappa shape index (κ2) is 9.14. The summed E-state index contributed by atoms with van der Waals surface area (Å²) in [6.07, 6.45) is 0. The van der Waals surface area contributed by atoms with Crippen molar-refractivity contribution in [3.63, 3.8) is 0 Å². The molecule has 0 amide bonds. The average molecular weight is 420 g/mol. The molecule has 4 heteroatoms. The maximum Gasteiger partial charge on any atom is 0.336 e. The lowest BCUT2D eigenvalue weighted by Gasteiger charge is -2.08. The standard InChI is InChI=1S/C14H10O4.C14H10/c15-13(16)11-7-3-1-5-9(11)10-6-2-4-8-12(10)14(17)18;1-3-7-13-11(5-1)9-10-12-6-2-4-8-14(12)13/h1-8H,(H,15,16)(H,17,18);1-10H. The summed E-state index contributed by atoms with van der Waals surface area (Å²) in [6.45, 7) is 0. The number of carboxylic acid groups (broad SMARTS) is 2. The first-order valence-electron chi connectivity index (χ1n) is 10.1. The minimum Gasteiger partial charge on any atom is -0.478 e. The number of fused-ring (bicyclic) bond motifs is 3. The number of hydrogen-bond acceptors (Lipinski definition) is 2. The molecular formula is C28H20O4. The fourth-order valence-corrected chi connectivity index (χ4v) is 3.76. The Balaban J connectivity index is 0.000000157. The van der Waals surface area contributed by atoms with Gasteiger partial charge in [0, 0.05) is 0 Å². The highest BCUT2D eigenvalue weighted by molar-refractivity contribution is 6.07. The quantitative estimate of drug-likeness (QED) is 0.317. The van der Waals surface area contributed by atoms with Crippen molar-refractivity contribution in [2.24, 2.45) is 0 Å². The van der Waals surface area contributed by atoms with Gasteiger partial charge in [0.1, 0.15) is 0 Å². The van der Waals surface area contributed by atoms with Crippen molar-refractivity contribution in [3.05, 3.63) is 120 Å². The van der Waals surface area contributed by atoms with Gasteiger partial charge in [-0.15, -0.1) is 0 Å². The average Bonchev–Trinajstić information content (AvgIpc) is 2.84. The highest BCUT2D eigenvalue weighted by atomic mass is 16.4. The van der Waals surface area contributed by atoms with E-state index in [4.69, 9.17) is 10.2 Å². The van der Waals surface area contributed by atoms with Gasteiger partial charge < -0.3 is 10.2 Å². The summed E-state index contributed by atoms with van der Waals surface area (Å²) in [7, 11) is 0. The topological polar surface area (TPSA) is 74.6 Å². The minimum absolute atomic E-state index is 0.0891. The van der Waals surface area contributed by atoms with Gasteiger partial charge >= 0.3 is 11.9 Å². The molecule has 32 heavy (non-hydrogen) atoms. The number of hydrogen-bond donors (Lipinski definition) is 2. The van der Waals surface area contributed by atoms with E-state index >= 15 is 0 Å². The number of rotatable bonds is 3. The van der Waals surface area contributed by atoms with Crippen LogP contribution < -0.4 is 0 Å². The van der Waals surface area contributed by atoms with Crippen molar-refractivity contribution in [1.82, 2.24) is 0 Å². The molecule has 5 aromatic carbocycles. The van der Waals surface area contributed by atoms with Gasteiger partial charge in [-0.2, -0.15) is 0 Å². The Bertz CT molecular complexity index is 1330. The molecule has 0 bridgehead atoms. The Labute approximate surface area is 185 Å². The zero-order chi connectivity index (χ0) is 22.5. The minimum atomic E-state index is -1.08. The molecule has 0 saturated carbocycles. The van der Waals surface area contributed by atoms with Crippen molar-refractivity contribution < 1.29 is 19.8 Å². The summed E-state index contributed by atoms with van der Waals surface area (Å²) in [4.78, 5) is 22.3. The molecule has 156 valence electrons. The van der Waals surface area contributed by atoms with Gasteiger partial charge in [0.15, 0.2) is 0 Å². The molecule has 0 saturated heterocycles. The smallest absolute Gasteiger partial charge is 0.336 e. The lowest BCUT2D eigenvalue weighted by Crippen LogP contribution is -2.03. The molecule has 4 nitrogen and oxygen atoms in total. The van der Waals surface area contributed by atoms with E-state index in [1.165, 1.54) is 33.7 Å². The second-order valence-corrected chi connectivity index (χ2v) is 7.21. The Morgan fingerprint density at radius 2 is 0.781 bits per heavy atom. The fourth-order valence-electron chi connectivity index (χ4n) is 3.76. The van der Waals surface area contributed by atoms with Crippen molar-refractivity contribution in [1.29, 1.82) is 0 Å². The number of carbonyl (C=O) groups is 2. The van der Waals surface area contributed by atoms with Crippen LogP contribution in [0.3, 0.4) is 0 Å². The molecule has 5 rings (SSSR count). The Hall–Kier alpha value is -4.44. The summed E-state index contributed by atoms with van der Waals surface area (Å²) in [5, 5.41) is 23.5. The van der Waals surface area contributed by atoms with Gasteiger partial charge in [0.05, 0.1) is 11.1 Å². The molecule has 0 aliphatic heterocycles. The third kappa shape index (κ3) is 4.20. The first kappa shape index (κ1) is 20.8. The lowest BCUT2D eigenvalue weighted by molar-refractivity contribution is 0.0684. The van der Waals surface area contributed by atoms with Crippen LogP contribution in [0, 0.1) is 0 Å². The lowest BCUT2D eigenvalue weighted by atomic mass is 9.95. The molecule has 0 radical (unpaired) electrons. The summed E-state index contributed by atoms with van der Waals surface area (Å²) < 4.78 is 0. The van der Waals surface area contributed by atoms with Crippen molar-refractivity contribution >= 4 is 33.5 Å². The molecule has 0 aliphatic carbocycles. The van der Waals surface area contributed by atoms with Crippen LogP contribution in [0.2, 0.25) is 0 Å². The fraction of sp³-hybridized carbons (Fsp3) is 0. The second-order valence-electron chi connectivity index (χ2n) is 7.21. The van der Waals surface area contributed by atoms with E-state index in [-0.39, 0.29) is 11.1 Å². The van der Waals surface area contributed by atoms with E-state index in [1.54, 1.807) is 36.4 Å². The van der Waals surface area contributed by atoms with Gasteiger partial charge in [0.2, 0.25) is 0 Å². The van der Waals surface area contributed by atoms with Crippen molar-refractivity contribution in [2.75, 3.05) is 0 Å². The zero-order valence-corrected chi connectivity index (χ0v) is 17.1. The highest BCUT2D eigenvalue weighted by Crippen LogP contribution is 2.27. The molecule has 0 unspecified atom stereocenters. The maximum absolute atomic E-state index is 11.1. The third-order valence-corrected chi connectivity index (χ3v) is 5.26.